The van der Waals surface area contributed by atoms with E-state index in [9.17, 15) is 14.4 Å². The van der Waals surface area contributed by atoms with Crippen LogP contribution in [0.5, 0.6) is 0 Å². The quantitative estimate of drug-likeness (QED) is 0.752. The summed E-state index contributed by atoms with van der Waals surface area (Å²) < 4.78 is 5.39. The van der Waals surface area contributed by atoms with Gasteiger partial charge >= 0.3 is 0 Å². The molecule has 0 spiro atoms. The third-order valence-electron chi connectivity index (χ3n) is 5.27. The first-order valence-corrected chi connectivity index (χ1v) is 9.72. The number of carbonyl (C=O) groups excluding carboxylic acids is 3. The first-order chi connectivity index (χ1) is 14.1. The molecule has 29 heavy (non-hydrogen) atoms. The van der Waals surface area contributed by atoms with Gasteiger partial charge in [-0.1, -0.05) is 36.4 Å². The maximum atomic E-state index is 12.4. The zero-order valence-corrected chi connectivity index (χ0v) is 16.1. The lowest BCUT2D eigenvalue weighted by Gasteiger charge is -2.27. The van der Waals surface area contributed by atoms with Crippen molar-refractivity contribution in [2.45, 2.75) is 13.1 Å². The molecular formula is C22H23N3O4. The molecule has 0 unspecified atom stereocenters. The van der Waals surface area contributed by atoms with Gasteiger partial charge < -0.3 is 10.1 Å². The molecule has 1 fully saturated rings. The Labute approximate surface area is 169 Å². The molecule has 1 N–H and O–H groups in total. The number of rotatable bonds is 6. The molecule has 2 heterocycles. The molecule has 2 aromatic carbocycles. The second kappa shape index (κ2) is 8.55. The van der Waals surface area contributed by atoms with Crippen LogP contribution in [0.15, 0.2) is 48.5 Å². The Hall–Kier alpha value is -3.03. The summed E-state index contributed by atoms with van der Waals surface area (Å²) in [5.41, 5.74) is 2.87. The fourth-order valence-electron chi connectivity index (χ4n) is 3.66. The molecule has 7 nitrogen and oxygen atoms in total. The van der Waals surface area contributed by atoms with E-state index in [-0.39, 0.29) is 12.5 Å². The van der Waals surface area contributed by atoms with Crippen LogP contribution in [-0.2, 0) is 22.6 Å². The lowest BCUT2D eigenvalue weighted by atomic mass is 10.1. The summed E-state index contributed by atoms with van der Waals surface area (Å²) in [6.07, 6.45) is 0. The number of hydrogen-bond acceptors (Lipinski definition) is 5. The zero-order valence-electron chi connectivity index (χ0n) is 16.1. The van der Waals surface area contributed by atoms with E-state index in [1.54, 1.807) is 24.3 Å². The summed E-state index contributed by atoms with van der Waals surface area (Å²) in [5, 5.41) is 2.84. The fourth-order valence-corrected chi connectivity index (χ4v) is 3.66. The van der Waals surface area contributed by atoms with Gasteiger partial charge in [-0.3, -0.25) is 24.2 Å². The first-order valence-electron chi connectivity index (χ1n) is 9.72. The van der Waals surface area contributed by atoms with Crippen molar-refractivity contribution in [2.24, 2.45) is 0 Å². The zero-order chi connectivity index (χ0) is 20.2. The number of carbonyl (C=O) groups is 3. The van der Waals surface area contributed by atoms with Crippen molar-refractivity contribution in [1.82, 2.24) is 15.1 Å². The van der Waals surface area contributed by atoms with E-state index in [1.165, 1.54) is 0 Å². The number of amides is 3. The number of benzene rings is 2. The van der Waals surface area contributed by atoms with Crippen LogP contribution in [0.1, 0.15) is 31.8 Å². The molecule has 3 amide bonds. The summed E-state index contributed by atoms with van der Waals surface area (Å²) in [5.74, 6) is -1.21. The van der Waals surface area contributed by atoms with E-state index in [2.05, 4.69) is 16.3 Å². The van der Waals surface area contributed by atoms with Gasteiger partial charge in [0, 0.05) is 26.2 Å². The van der Waals surface area contributed by atoms with Crippen molar-refractivity contribution in [2.75, 3.05) is 32.8 Å². The molecular weight excluding hydrogens is 370 g/mol. The van der Waals surface area contributed by atoms with Gasteiger partial charge in [-0.2, -0.15) is 0 Å². The fraction of sp³-hybridized carbons (Fsp3) is 0.318. The van der Waals surface area contributed by atoms with Crippen LogP contribution in [0, 0.1) is 0 Å². The Balaban J connectivity index is 1.36. The van der Waals surface area contributed by atoms with Gasteiger partial charge in [0.05, 0.1) is 24.3 Å². The average molecular weight is 393 g/mol. The highest BCUT2D eigenvalue weighted by Gasteiger charge is 2.36. The molecule has 150 valence electrons. The minimum Gasteiger partial charge on any atom is -0.379 e. The lowest BCUT2D eigenvalue weighted by Crippen LogP contribution is -2.40. The van der Waals surface area contributed by atoms with Crippen LogP contribution in [-0.4, -0.2) is 60.4 Å². The number of nitrogens with zero attached hydrogens (tertiary/aromatic N) is 2. The van der Waals surface area contributed by atoms with Gasteiger partial charge in [-0.15, -0.1) is 0 Å². The summed E-state index contributed by atoms with van der Waals surface area (Å²) in [4.78, 5) is 40.6. The second-order valence-electron chi connectivity index (χ2n) is 7.18. The summed E-state index contributed by atoms with van der Waals surface area (Å²) >= 11 is 0. The van der Waals surface area contributed by atoms with Gasteiger partial charge in [0.2, 0.25) is 5.91 Å². The van der Waals surface area contributed by atoms with Crippen LogP contribution in [0.2, 0.25) is 0 Å². The Kier molecular flexibility index (Phi) is 5.69. The van der Waals surface area contributed by atoms with E-state index in [0.717, 1.165) is 48.9 Å². The molecule has 0 saturated carbocycles. The van der Waals surface area contributed by atoms with Gasteiger partial charge in [0.15, 0.2) is 0 Å². The number of hydrogen-bond donors (Lipinski definition) is 1. The van der Waals surface area contributed by atoms with Crippen LogP contribution < -0.4 is 5.32 Å². The summed E-state index contributed by atoms with van der Waals surface area (Å²) in [7, 11) is 0. The molecule has 0 radical (unpaired) electrons. The van der Waals surface area contributed by atoms with Gasteiger partial charge in [-0.25, -0.2) is 0 Å². The molecule has 4 rings (SSSR count). The van der Waals surface area contributed by atoms with Crippen LogP contribution in [0.4, 0.5) is 0 Å². The van der Waals surface area contributed by atoms with Crippen LogP contribution >= 0.6 is 0 Å². The third kappa shape index (κ3) is 4.21. The Bertz CT molecular complexity index is 902. The molecule has 2 aliphatic rings. The molecule has 0 bridgehead atoms. The number of morpholine rings is 1. The molecule has 1 saturated heterocycles. The monoisotopic (exact) mass is 393 g/mol. The maximum Gasteiger partial charge on any atom is 0.262 e. The Morgan fingerprint density at radius 3 is 2.14 bits per heavy atom. The minimum atomic E-state index is -0.423. The van der Waals surface area contributed by atoms with E-state index in [1.807, 2.05) is 18.2 Å². The van der Waals surface area contributed by atoms with Crippen molar-refractivity contribution >= 4 is 17.7 Å². The molecule has 0 atom stereocenters. The number of ether oxygens (including phenoxy) is 1. The average Bonchev–Trinajstić information content (AvgIpc) is 2.99. The smallest absolute Gasteiger partial charge is 0.262 e. The van der Waals surface area contributed by atoms with E-state index in [0.29, 0.717) is 17.7 Å². The standard InChI is InChI=1S/C22H23N3O4/c26-20(15-25-21(27)18-7-3-4-8-19(18)22(25)28)23-13-16-5-1-2-6-17(16)14-24-9-11-29-12-10-24/h1-8H,9-15H2,(H,23,26). The second-order valence-corrected chi connectivity index (χ2v) is 7.18. The van der Waals surface area contributed by atoms with Crippen molar-refractivity contribution < 1.29 is 19.1 Å². The van der Waals surface area contributed by atoms with E-state index in [4.69, 9.17) is 4.74 Å². The van der Waals surface area contributed by atoms with Crippen molar-refractivity contribution in [1.29, 1.82) is 0 Å². The largest absolute Gasteiger partial charge is 0.379 e. The van der Waals surface area contributed by atoms with E-state index < -0.39 is 11.8 Å². The highest BCUT2D eigenvalue weighted by molar-refractivity contribution is 6.22. The summed E-state index contributed by atoms with van der Waals surface area (Å²) in [6, 6.07) is 14.6. The molecule has 2 aliphatic heterocycles. The normalized spacial score (nSPS) is 16.8. The van der Waals surface area contributed by atoms with Crippen LogP contribution in [0.25, 0.3) is 0 Å². The lowest BCUT2D eigenvalue weighted by molar-refractivity contribution is -0.121. The SMILES string of the molecule is O=C(CN1C(=O)c2ccccc2C1=O)NCc1ccccc1CN1CCOCC1. The van der Waals surface area contributed by atoms with Gasteiger partial charge in [-0.05, 0) is 23.3 Å². The Morgan fingerprint density at radius 1 is 0.897 bits per heavy atom. The van der Waals surface area contributed by atoms with Crippen LogP contribution in [0.3, 0.4) is 0 Å². The predicted octanol–water partition coefficient (Wildman–Crippen LogP) is 1.43. The van der Waals surface area contributed by atoms with Gasteiger partial charge in [0.1, 0.15) is 6.54 Å². The highest BCUT2D eigenvalue weighted by atomic mass is 16.5. The molecule has 2 aromatic rings. The summed E-state index contributed by atoms with van der Waals surface area (Å²) in [6.45, 7) is 4.12. The maximum absolute atomic E-state index is 12.4. The van der Waals surface area contributed by atoms with Crippen molar-refractivity contribution in [3.8, 4) is 0 Å². The topological polar surface area (TPSA) is 79.0 Å². The van der Waals surface area contributed by atoms with Gasteiger partial charge in [0.25, 0.3) is 11.8 Å². The Morgan fingerprint density at radius 2 is 1.48 bits per heavy atom. The molecule has 0 aliphatic carbocycles. The number of nitrogens with one attached hydrogen (secondary N) is 1. The predicted molar refractivity (Wildman–Crippen MR) is 106 cm³/mol. The van der Waals surface area contributed by atoms with E-state index >= 15 is 0 Å². The number of imide groups is 1. The molecule has 0 aromatic heterocycles. The highest BCUT2D eigenvalue weighted by Crippen LogP contribution is 2.22. The number of fused-ring (bicyclic) bond motifs is 1. The first kappa shape index (κ1) is 19.3. The molecule has 7 heteroatoms. The van der Waals surface area contributed by atoms with Crippen molar-refractivity contribution in [3.05, 3.63) is 70.8 Å². The van der Waals surface area contributed by atoms with Crippen molar-refractivity contribution in [3.63, 3.8) is 0 Å². The minimum absolute atomic E-state index is 0.280. The third-order valence-corrected chi connectivity index (χ3v) is 5.27.